The zero-order chi connectivity index (χ0) is 34.7. The Hall–Kier alpha value is -3.54. The molecular formula is C41H57N5O. The molecule has 10 rings (SSSR count). The highest BCUT2D eigenvalue weighted by Gasteiger charge is 3.05. The third-order valence-corrected chi connectivity index (χ3v) is 12.7. The van der Waals surface area contributed by atoms with Gasteiger partial charge < -0.3 is 0 Å². The third-order valence-electron chi connectivity index (χ3n) is 12.7. The Morgan fingerprint density at radius 1 is 0.723 bits per heavy atom. The maximum atomic E-state index is 11.4. The lowest BCUT2D eigenvalue weighted by Crippen LogP contribution is -3.06. The van der Waals surface area contributed by atoms with E-state index in [0.29, 0.717) is 11.2 Å². The molecule has 0 atom stereocenters. The molecule has 252 valence electrons. The van der Waals surface area contributed by atoms with Crippen LogP contribution in [-0.4, -0.2) is 30.3 Å². The summed E-state index contributed by atoms with van der Waals surface area (Å²) in [4.78, 5) is 15.6. The maximum absolute atomic E-state index is 11.4. The molecule has 6 nitrogen and oxygen atoms in total. The quantitative estimate of drug-likeness (QED) is 0.223. The fourth-order valence-corrected chi connectivity index (χ4v) is 9.72. The van der Waals surface area contributed by atoms with Crippen LogP contribution >= 0.6 is 0 Å². The Morgan fingerprint density at radius 3 is 1.55 bits per heavy atom. The number of ketones is 1. The van der Waals surface area contributed by atoms with Crippen LogP contribution in [0.3, 0.4) is 0 Å². The SMILES string of the molecule is CC(=O)C12C3C4C5C3C1C5C42.CCc1ccc(C)nc1.Cc1cc(C)c(C)c(C)c1C.Cc1cc(C)n(C)n1.Cc1cn(C)nc1C. The Kier molecular flexibility index (Phi) is 9.49. The van der Waals surface area contributed by atoms with E-state index in [9.17, 15) is 4.79 Å². The predicted molar refractivity (Wildman–Crippen MR) is 191 cm³/mol. The maximum Gasteiger partial charge on any atom is 0.136 e. The highest BCUT2D eigenvalue weighted by Crippen LogP contribution is 3.05. The molecule has 3 aromatic heterocycles. The summed E-state index contributed by atoms with van der Waals surface area (Å²) in [7, 11) is 3.88. The van der Waals surface area contributed by atoms with Gasteiger partial charge in [0.2, 0.25) is 0 Å². The standard InChI is InChI=1S/C11H16.C10H10O.C8H11N.2C6H10N2/c1-7-6-8(2)10(4)11(5)9(7)3;1-2(11)10-7-4-3-5(7)9(10)6(3)8(4)10;1-3-8-5-4-7(2)9-6-8;1-5-4-8(3)7-6(5)2;1-5-4-6(2)8(3)7-5/h6H,1-5H3;3-9H,1H3;4-6H,3H2,1-2H3;2*4H,1-3H3. The molecule has 1 aromatic carbocycles. The highest BCUT2D eigenvalue weighted by molar-refractivity contribution is 5.91. The topological polar surface area (TPSA) is 65.6 Å². The van der Waals surface area contributed by atoms with Crippen molar-refractivity contribution >= 4 is 5.78 Å². The molecule has 0 N–H and O–H groups in total. The number of Topliss-reactive ketones (excluding diaryl/α,β-unsaturated/α-hetero) is 1. The van der Waals surface area contributed by atoms with E-state index in [4.69, 9.17) is 0 Å². The van der Waals surface area contributed by atoms with Gasteiger partial charge in [0.15, 0.2) is 0 Å². The van der Waals surface area contributed by atoms with Crippen LogP contribution in [-0.2, 0) is 25.3 Å². The van der Waals surface area contributed by atoms with Gasteiger partial charge in [0.25, 0.3) is 0 Å². The number of benzene rings is 1. The normalized spacial score (nSPS) is 28.3. The summed E-state index contributed by atoms with van der Waals surface area (Å²) in [6.07, 6.45) is 5.01. The van der Waals surface area contributed by atoms with Crippen molar-refractivity contribution in [3.8, 4) is 0 Å². The van der Waals surface area contributed by atoms with Crippen LogP contribution in [0.25, 0.3) is 0 Å². The average Bonchev–Trinajstić information content (AvgIpc) is 3.51. The molecule has 6 saturated carbocycles. The fourth-order valence-electron chi connectivity index (χ4n) is 9.72. The number of nitrogens with zero attached hydrogens (tertiary/aromatic N) is 5. The van der Waals surface area contributed by atoms with Gasteiger partial charge in [-0.3, -0.25) is 19.1 Å². The van der Waals surface area contributed by atoms with Gasteiger partial charge in [0, 0.05) is 43.3 Å². The van der Waals surface area contributed by atoms with Gasteiger partial charge in [-0.05, 0) is 175 Å². The number of carbonyl (C=O) groups excluding carboxylic acids is 1. The van der Waals surface area contributed by atoms with Gasteiger partial charge in [-0.25, -0.2) is 0 Å². The average molecular weight is 636 g/mol. The van der Waals surface area contributed by atoms with Crippen LogP contribution in [0.5, 0.6) is 0 Å². The summed E-state index contributed by atoms with van der Waals surface area (Å²) in [5.41, 5.74) is 14.5. The number of pyridine rings is 1. The lowest BCUT2D eigenvalue weighted by atomic mass is 8.96. The molecule has 0 aliphatic heterocycles. The minimum atomic E-state index is 0.328. The van der Waals surface area contributed by atoms with Crippen LogP contribution in [0.1, 0.15) is 75.6 Å². The van der Waals surface area contributed by atoms with Gasteiger partial charge in [0.05, 0.1) is 11.4 Å². The zero-order valence-electron chi connectivity index (χ0n) is 31.4. The number of hydrogen-bond acceptors (Lipinski definition) is 4. The third kappa shape index (κ3) is 5.50. The second kappa shape index (κ2) is 12.8. The van der Waals surface area contributed by atoms with Crippen molar-refractivity contribution in [2.24, 2.45) is 60.9 Å². The smallest absolute Gasteiger partial charge is 0.136 e. The number of aryl methyl sites for hydroxylation is 10. The first kappa shape index (κ1) is 34.8. The Morgan fingerprint density at radius 2 is 1.28 bits per heavy atom. The van der Waals surface area contributed by atoms with Crippen molar-refractivity contribution in [1.82, 2.24) is 24.5 Å². The molecule has 0 amide bonds. The van der Waals surface area contributed by atoms with E-state index in [0.717, 1.165) is 64.9 Å². The molecule has 0 bridgehead atoms. The molecule has 6 fully saturated rings. The van der Waals surface area contributed by atoms with Gasteiger partial charge >= 0.3 is 0 Å². The molecule has 6 heteroatoms. The number of hydrogen-bond donors (Lipinski definition) is 0. The van der Waals surface area contributed by atoms with Gasteiger partial charge in [0.1, 0.15) is 5.78 Å². The predicted octanol–water partition coefficient (Wildman–Crippen LogP) is 8.20. The molecule has 0 radical (unpaired) electrons. The van der Waals surface area contributed by atoms with Crippen molar-refractivity contribution in [2.45, 2.75) is 89.5 Å². The Bertz CT molecular complexity index is 1610. The van der Waals surface area contributed by atoms with Gasteiger partial charge in [-0.1, -0.05) is 19.1 Å². The first-order valence-corrected chi connectivity index (χ1v) is 17.5. The number of aromatic nitrogens is 5. The van der Waals surface area contributed by atoms with E-state index in [2.05, 4.69) is 81.8 Å². The number of carbonyl (C=O) groups is 1. The largest absolute Gasteiger partial charge is 0.299 e. The number of rotatable bonds is 2. The van der Waals surface area contributed by atoms with E-state index in [1.807, 2.05) is 76.5 Å². The van der Waals surface area contributed by atoms with Crippen LogP contribution in [0.4, 0.5) is 0 Å². The lowest BCUT2D eigenvalue weighted by Gasteiger charge is -3.07. The van der Waals surface area contributed by atoms with E-state index in [1.165, 1.54) is 44.6 Å². The second-order valence-electron chi connectivity index (χ2n) is 15.0. The van der Waals surface area contributed by atoms with E-state index in [-0.39, 0.29) is 0 Å². The van der Waals surface area contributed by atoms with Crippen molar-refractivity contribution in [1.29, 1.82) is 0 Å². The highest BCUT2D eigenvalue weighted by atomic mass is 16.1. The minimum Gasteiger partial charge on any atom is -0.299 e. The van der Waals surface area contributed by atoms with Gasteiger partial charge in [-0.2, -0.15) is 10.2 Å². The lowest BCUT2D eigenvalue weighted by molar-refractivity contribution is -0.595. The molecule has 0 spiro atoms. The summed E-state index contributed by atoms with van der Waals surface area (Å²) in [5, 5.41) is 8.25. The van der Waals surface area contributed by atoms with E-state index >= 15 is 0 Å². The van der Waals surface area contributed by atoms with E-state index in [1.54, 1.807) is 0 Å². The monoisotopic (exact) mass is 635 g/mol. The van der Waals surface area contributed by atoms with Crippen LogP contribution < -0.4 is 0 Å². The first-order chi connectivity index (χ1) is 22.1. The summed E-state index contributed by atoms with van der Waals surface area (Å²) < 4.78 is 3.69. The van der Waals surface area contributed by atoms with Crippen LogP contribution in [0.15, 0.2) is 36.7 Å². The summed E-state index contributed by atoms with van der Waals surface area (Å²) in [6, 6.07) is 8.47. The van der Waals surface area contributed by atoms with Crippen LogP contribution in [0, 0.1) is 116 Å². The molecule has 0 unspecified atom stereocenters. The molecule has 4 aromatic rings. The van der Waals surface area contributed by atoms with Crippen molar-refractivity contribution < 1.29 is 4.79 Å². The van der Waals surface area contributed by atoms with Crippen LogP contribution in [0.2, 0.25) is 0 Å². The molecule has 0 saturated heterocycles. The molecule has 6 aliphatic carbocycles. The van der Waals surface area contributed by atoms with E-state index < -0.39 is 0 Å². The van der Waals surface area contributed by atoms with Crippen molar-refractivity contribution in [3.63, 3.8) is 0 Å². The molecular weight excluding hydrogens is 578 g/mol. The van der Waals surface area contributed by atoms with Gasteiger partial charge in [-0.15, -0.1) is 0 Å². The second-order valence-corrected chi connectivity index (χ2v) is 15.0. The summed E-state index contributed by atoms with van der Waals surface area (Å²) >= 11 is 0. The Balaban J connectivity index is 0.000000116. The summed E-state index contributed by atoms with van der Waals surface area (Å²) in [5.74, 6) is 7.66. The first-order valence-electron chi connectivity index (χ1n) is 17.5. The van der Waals surface area contributed by atoms with Crippen molar-refractivity contribution in [2.75, 3.05) is 0 Å². The molecule has 3 heterocycles. The molecule has 47 heavy (non-hydrogen) atoms. The zero-order valence-corrected chi connectivity index (χ0v) is 31.4. The Labute approximate surface area is 283 Å². The fraction of sp³-hybridized carbons (Fsp3) is 0.561. The van der Waals surface area contributed by atoms with Crippen molar-refractivity contribution in [3.05, 3.63) is 98.4 Å². The molecule has 6 aliphatic rings. The minimum absolute atomic E-state index is 0.328. The summed E-state index contributed by atoms with van der Waals surface area (Å²) in [6.45, 7) is 25.0.